The van der Waals surface area contributed by atoms with Crippen LogP contribution in [0.25, 0.3) is 11.3 Å². The first-order valence-electron chi connectivity index (χ1n) is 4.54. The summed E-state index contributed by atoms with van der Waals surface area (Å²) in [7, 11) is 3.49. The fraction of sp³-hybridized carbons (Fsp3) is 0.182. The van der Waals surface area contributed by atoms with Crippen molar-refractivity contribution in [1.29, 1.82) is 0 Å². The molecule has 0 unspecified atom stereocenters. The number of methoxy groups -OCH3 is 1. The van der Waals surface area contributed by atoms with Crippen LogP contribution >= 0.6 is 11.6 Å². The van der Waals surface area contributed by atoms with Crippen molar-refractivity contribution in [2.75, 3.05) is 7.11 Å². The van der Waals surface area contributed by atoms with E-state index in [-0.39, 0.29) is 0 Å². The van der Waals surface area contributed by atoms with E-state index in [1.165, 1.54) is 0 Å². The first-order chi connectivity index (χ1) is 7.20. The molecule has 3 nitrogen and oxygen atoms in total. The maximum atomic E-state index is 5.94. The van der Waals surface area contributed by atoms with E-state index in [1.54, 1.807) is 11.8 Å². The molecule has 0 aliphatic heterocycles. The number of hydrogen-bond donors (Lipinski definition) is 0. The topological polar surface area (TPSA) is 27.1 Å². The minimum absolute atomic E-state index is 0.609. The van der Waals surface area contributed by atoms with Gasteiger partial charge in [-0.05, 0) is 18.2 Å². The summed E-state index contributed by atoms with van der Waals surface area (Å²) >= 11 is 5.94. The van der Waals surface area contributed by atoms with E-state index in [2.05, 4.69) is 5.10 Å². The van der Waals surface area contributed by atoms with Gasteiger partial charge in [0.1, 0.15) is 5.75 Å². The van der Waals surface area contributed by atoms with Gasteiger partial charge in [-0.15, -0.1) is 0 Å². The van der Waals surface area contributed by atoms with E-state index < -0.39 is 0 Å². The lowest BCUT2D eigenvalue weighted by Gasteiger charge is -2.04. The molecule has 0 radical (unpaired) electrons. The van der Waals surface area contributed by atoms with Gasteiger partial charge in [-0.2, -0.15) is 5.10 Å². The second-order valence-corrected chi connectivity index (χ2v) is 3.63. The van der Waals surface area contributed by atoms with Crippen LogP contribution in [-0.4, -0.2) is 16.9 Å². The molecular formula is C11H11ClN2O. The van der Waals surface area contributed by atoms with Crippen LogP contribution in [0.15, 0.2) is 30.5 Å². The average Bonchev–Trinajstić information content (AvgIpc) is 2.66. The van der Waals surface area contributed by atoms with E-state index in [0.717, 1.165) is 11.3 Å². The molecule has 78 valence electrons. The number of aryl methyl sites for hydroxylation is 1. The monoisotopic (exact) mass is 222 g/mol. The maximum absolute atomic E-state index is 5.94. The third-order valence-corrected chi connectivity index (χ3v) is 2.47. The van der Waals surface area contributed by atoms with Crippen LogP contribution in [0.5, 0.6) is 5.75 Å². The highest BCUT2D eigenvalue weighted by atomic mass is 35.5. The normalized spacial score (nSPS) is 10.3. The highest BCUT2D eigenvalue weighted by molar-refractivity contribution is 6.32. The van der Waals surface area contributed by atoms with Crippen molar-refractivity contribution in [2.24, 2.45) is 7.05 Å². The van der Waals surface area contributed by atoms with Crippen LogP contribution in [-0.2, 0) is 7.05 Å². The van der Waals surface area contributed by atoms with Crippen LogP contribution in [0.1, 0.15) is 0 Å². The van der Waals surface area contributed by atoms with E-state index >= 15 is 0 Å². The predicted octanol–water partition coefficient (Wildman–Crippen LogP) is 2.75. The Morgan fingerprint density at radius 3 is 2.73 bits per heavy atom. The van der Waals surface area contributed by atoms with Gasteiger partial charge in [-0.3, -0.25) is 4.68 Å². The number of rotatable bonds is 2. The van der Waals surface area contributed by atoms with Gasteiger partial charge in [-0.1, -0.05) is 17.7 Å². The molecule has 2 rings (SSSR count). The molecule has 0 amide bonds. The molecule has 0 aliphatic carbocycles. The summed E-state index contributed by atoms with van der Waals surface area (Å²) < 4.78 is 6.91. The zero-order valence-corrected chi connectivity index (χ0v) is 9.32. The summed E-state index contributed by atoms with van der Waals surface area (Å²) in [6.45, 7) is 0. The average molecular weight is 223 g/mol. The van der Waals surface area contributed by atoms with Crippen LogP contribution in [0.3, 0.4) is 0 Å². The molecule has 15 heavy (non-hydrogen) atoms. The molecule has 2 aromatic rings. The summed E-state index contributed by atoms with van der Waals surface area (Å²) in [5.74, 6) is 0.666. The first kappa shape index (κ1) is 10.1. The second kappa shape index (κ2) is 3.95. The van der Waals surface area contributed by atoms with E-state index in [4.69, 9.17) is 16.3 Å². The van der Waals surface area contributed by atoms with Crippen LogP contribution < -0.4 is 4.74 Å². The minimum Gasteiger partial charge on any atom is -0.495 e. The molecule has 0 spiro atoms. The smallest absolute Gasteiger partial charge is 0.138 e. The summed E-state index contributed by atoms with van der Waals surface area (Å²) in [6, 6.07) is 7.56. The Morgan fingerprint density at radius 2 is 2.13 bits per heavy atom. The lowest BCUT2D eigenvalue weighted by molar-refractivity contribution is 0.415. The quantitative estimate of drug-likeness (QED) is 0.781. The number of hydrogen-bond acceptors (Lipinski definition) is 2. The number of benzene rings is 1. The Morgan fingerprint density at radius 1 is 1.33 bits per heavy atom. The van der Waals surface area contributed by atoms with Crippen LogP contribution in [0.2, 0.25) is 5.02 Å². The SMILES string of the molecule is COc1cc(-c2ccn(C)n2)ccc1Cl. The number of halogens is 1. The minimum atomic E-state index is 0.609. The van der Waals surface area contributed by atoms with Gasteiger partial charge in [0.25, 0.3) is 0 Å². The van der Waals surface area contributed by atoms with Crippen molar-refractivity contribution in [3.05, 3.63) is 35.5 Å². The standard InChI is InChI=1S/C11H11ClN2O/c1-14-6-5-10(13-14)8-3-4-9(12)11(7-8)15-2/h3-7H,1-2H3. The number of aromatic nitrogens is 2. The molecule has 0 saturated heterocycles. The van der Waals surface area contributed by atoms with Gasteiger partial charge < -0.3 is 4.74 Å². The summed E-state index contributed by atoms with van der Waals surface area (Å²) in [6.07, 6.45) is 1.90. The molecule has 0 bridgehead atoms. The Balaban J connectivity index is 2.45. The molecule has 1 aromatic heterocycles. The van der Waals surface area contributed by atoms with Crippen molar-refractivity contribution in [2.45, 2.75) is 0 Å². The fourth-order valence-corrected chi connectivity index (χ4v) is 1.58. The highest BCUT2D eigenvalue weighted by Gasteiger charge is 2.05. The maximum Gasteiger partial charge on any atom is 0.138 e. The molecule has 0 saturated carbocycles. The second-order valence-electron chi connectivity index (χ2n) is 3.22. The van der Waals surface area contributed by atoms with Gasteiger partial charge >= 0.3 is 0 Å². The molecule has 1 heterocycles. The zero-order valence-electron chi connectivity index (χ0n) is 8.57. The van der Waals surface area contributed by atoms with Gasteiger partial charge in [0, 0.05) is 18.8 Å². The Hall–Kier alpha value is -1.48. The zero-order chi connectivity index (χ0) is 10.8. The summed E-state index contributed by atoms with van der Waals surface area (Å²) in [5.41, 5.74) is 1.91. The number of nitrogens with zero attached hydrogens (tertiary/aromatic N) is 2. The highest BCUT2D eigenvalue weighted by Crippen LogP contribution is 2.29. The summed E-state index contributed by atoms with van der Waals surface area (Å²) in [4.78, 5) is 0. The lowest BCUT2D eigenvalue weighted by atomic mass is 10.1. The van der Waals surface area contributed by atoms with Crippen molar-refractivity contribution in [3.63, 3.8) is 0 Å². The third kappa shape index (κ3) is 1.97. The number of ether oxygens (including phenoxy) is 1. The molecular weight excluding hydrogens is 212 g/mol. The molecule has 0 N–H and O–H groups in total. The van der Waals surface area contributed by atoms with E-state index in [1.807, 2.05) is 37.5 Å². The fourth-order valence-electron chi connectivity index (χ4n) is 1.39. The molecule has 0 atom stereocenters. The Bertz CT molecular complexity index is 479. The van der Waals surface area contributed by atoms with Crippen LogP contribution in [0, 0.1) is 0 Å². The van der Waals surface area contributed by atoms with E-state index in [0.29, 0.717) is 10.8 Å². The van der Waals surface area contributed by atoms with Crippen molar-refractivity contribution >= 4 is 11.6 Å². The van der Waals surface area contributed by atoms with Crippen molar-refractivity contribution in [3.8, 4) is 17.0 Å². The van der Waals surface area contributed by atoms with Gasteiger partial charge in [0.15, 0.2) is 0 Å². The predicted molar refractivity (Wildman–Crippen MR) is 60.2 cm³/mol. The molecule has 1 aromatic carbocycles. The van der Waals surface area contributed by atoms with Gasteiger partial charge in [0.05, 0.1) is 17.8 Å². The molecule has 0 fully saturated rings. The molecule has 0 aliphatic rings. The third-order valence-electron chi connectivity index (χ3n) is 2.16. The summed E-state index contributed by atoms with van der Waals surface area (Å²) in [5, 5.41) is 4.91. The van der Waals surface area contributed by atoms with Crippen LogP contribution in [0.4, 0.5) is 0 Å². The Kier molecular flexibility index (Phi) is 2.64. The van der Waals surface area contributed by atoms with Crippen molar-refractivity contribution < 1.29 is 4.74 Å². The molecule has 4 heteroatoms. The van der Waals surface area contributed by atoms with Crippen molar-refractivity contribution in [1.82, 2.24) is 9.78 Å². The van der Waals surface area contributed by atoms with E-state index in [9.17, 15) is 0 Å². The lowest BCUT2D eigenvalue weighted by Crippen LogP contribution is -1.89. The van der Waals surface area contributed by atoms with Gasteiger partial charge in [0.2, 0.25) is 0 Å². The first-order valence-corrected chi connectivity index (χ1v) is 4.92. The van der Waals surface area contributed by atoms with Gasteiger partial charge in [-0.25, -0.2) is 0 Å². The largest absolute Gasteiger partial charge is 0.495 e. The Labute approximate surface area is 93.2 Å².